The number of carbonyl (C=O) groups excluding carboxylic acids is 1. The molecule has 9 heteroatoms. The summed E-state index contributed by atoms with van der Waals surface area (Å²) >= 11 is 0. The van der Waals surface area contributed by atoms with Crippen molar-refractivity contribution >= 4 is 23.7 Å². The van der Waals surface area contributed by atoms with Gasteiger partial charge in [0.15, 0.2) is 11.7 Å². The predicted octanol–water partition coefficient (Wildman–Crippen LogP) is 4.56. The molecule has 30 heavy (non-hydrogen) atoms. The van der Waals surface area contributed by atoms with Crippen LogP contribution in [-0.4, -0.2) is 27.2 Å². The molecule has 0 fully saturated rings. The molecule has 2 aliphatic heterocycles. The Morgan fingerprint density at radius 3 is 2.60 bits per heavy atom. The summed E-state index contributed by atoms with van der Waals surface area (Å²) in [6.45, 7) is 5.18. The summed E-state index contributed by atoms with van der Waals surface area (Å²) in [5.74, 6) is 0.0241. The molecule has 0 bridgehead atoms. The second-order valence-corrected chi connectivity index (χ2v) is 7.03. The van der Waals surface area contributed by atoms with Crippen molar-refractivity contribution in [3.05, 3.63) is 70.3 Å². The topological polar surface area (TPSA) is 70.7 Å². The minimum atomic E-state index is -4.45. The normalized spacial score (nSPS) is 17.8. The van der Waals surface area contributed by atoms with Crippen LogP contribution in [0.15, 0.2) is 52.7 Å². The summed E-state index contributed by atoms with van der Waals surface area (Å²) in [5.41, 5.74) is 1.57. The van der Waals surface area contributed by atoms with E-state index in [0.717, 1.165) is 17.2 Å². The van der Waals surface area contributed by atoms with Gasteiger partial charge in [0.05, 0.1) is 11.1 Å². The standard InChI is InChI=1S/C21H17F3N4O2/c1-11-7-14(9-17-19(25)28-18(26-20(17)29)8-12(2)30-28)13(3)27(11)16-6-4-5-15(10-16)21(22,23)24/h4-10,25H,1-3H3/b17-9-,25-19?. The number of hydrogen-bond acceptors (Lipinski definition) is 3. The zero-order chi connectivity index (χ0) is 21.8. The number of rotatable bonds is 2. The lowest BCUT2D eigenvalue weighted by Gasteiger charge is -2.22. The molecule has 6 nitrogen and oxygen atoms in total. The van der Waals surface area contributed by atoms with Crippen molar-refractivity contribution in [2.45, 2.75) is 26.9 Å². The van der Waals surface area contributed by atoms with Crippen LogP contribution in [0.2, 0.25) is 0 Å². The van der Waals surface area contributed by atoms with Crippen LogP contribution in [0.3, 0.4) is 0 Å². The first-order valence-corrected chi connectivity index (χ1v) is 9.03. The van der Waals surface area contributed by atoms with Gasteiger partial charge in [-0.3, -0.25) is 10.2 Å². The van der Waals surface area contributed by atoms with E-state index in [0.29, 0.717) is 28.4 Å². The third kappa shape index (κ3) is 3.22. The van der Waals surface area contributed by atoms with Gasteiger partial charge in [0.25, 0.3) is 5.91 Å². The first kappa shape index (κ1) is 19.7. The maximum Gasteiger partial charge on any atom is 0.416 e. The quantitative estimate of drug-likeness (QED) is 0.733. The molecule has 1 N–H and O–H groups in total. The molecule has 2 aromatic rings. The molecular weight excluding hydrogens is 397 g/mol. The fourth-order valence-electron chi connectivity index (χ4n) is 3.51. The van der Waals surface area contributed by atoms with Gasteiger partial charge in [0, 0.05) is 23.2 Å². The van der Waals surface area contributed by atoms with Gasteiger partial charge < -0.3 is 9.40 Å². The highest BCUT2D eigenvalue weighted by atomic mass is 19.4. The molecule has 1 aromatic heterocycles. The zero-order valence-corrected chi connectivity index (χ0v) is 16.3. The molecule has 4 rings (SSSR count). The van der Waals surface area contributed by atoms with E-state index in [1.54, 1.807) is 43.5 Å². The summed E-state index contributed by atoms with van der Waals surface area (Å²) < 4.78 is 41.0. The molecule has 1 aromatic carbocycles. The highest BCUT2D eigenvalue weighted by Gasteiger charge is 2.34. The number of aromatic nitrogens is 1. The van der Waals surface area contributed by atoms with Crippen molar-refractivity contribution in [1.82, 2.24) is 9.63 Å². The summed E-state index contributed by atoms with van der Waals surface area (Å²) in [7, 11) is 0. The Labute approximate surface area is 170 Å². The van der Waals surface area contributed by atoms with E-state index in [9.17, 15) is 18.0 Å². The van der Waals surface area contributed by atoms with Gasteiger partial charge in [0.2, 0.25) is 0 Å². The molecule has 154 valence electrons. The summed E-state index contributed by atoms with van der Waals surface area (Å²) in [6, 6.07) is 6.78. The second-order valence-electron chi connectivity index (χ2n) is 7.03. The van der Waals surface area contributed by atoms with Crippen LogP contribution in [0.1, 0.15) is 29.4 Å². The van der Waals surface area contributed by atoms with Crippen LogP contribution in [0.5, 0.6) is 0 Å². The lowest BCUT2D eigenvalue weighted by Crippen LogP contribution is -2.38. The number of aliphatic imine (C=N–C) groups is 1. The number of carbonyl (C=O) groups is 1. The van der Waals surface area contributed by atoms with E-state index < -0.39 is 17.6 Å². The molecule has 1 amide bonds. The number of nitrogens with zero attached hydrogens (tertiary/aromatic N) is 3. The number of amidine groups is 2. The Kier molecular flexibility index (Phi) is 4.41. The van der Waals surface area contributed by atoms with Gasteiger partial charge in [-0.25, -0.2) is 0 Å². The summed E-state index contributed by atoms with van der Waals surface area (Å²) in [4.78, 5) is 21.8. The van der Waals surface area contributed by atoms with E-state index in [4.69, 9.17) is 10.2 Å². The highest BCUT2D eigenvalue weighted by Crippen LogP contribution is 2.32. The Morgan fingerprint density at radius 2 is 1.90 bits per heavy atom. The third-order valence-electron chi connectivity index (χ3n) is 4.88. The van der Waals surface area contributed by atoms with Crippen molar-refractivity contribution in [3.8, 4) is 5.69 Å². The van der Waals surface area contributed by atoms with Crippen LogP contribution in [0, 0.1) is 19.3 Å². The molecule has 0 atom stereocenters. The van der Waals surface area contributed by atoms with Gasteiger partial charge in [-0.2, -0.15) is 18.2 Å². The largest absolute Gasteiger partial charge is 0.416 e. The monoisotopic (exact) mass is 414 g/mol. The molecule has 0 radical (unpaired) electrons. The van der Waals surface area contributed by atoms with Gasteiger partial charge in [-0.05, 0) is 56.7 Å². The lowest BCUT2D eigenvalue weighted by molar-refractivity contribution is -0.137. The fraction of sp³-hybridized carbons (Fsp3) is 0.190. The van der Waals surface area contributed by atoms with Crippen LogP contribution in [-0.2, 0) is 15.8 Å². The van der Waals surface area contributed by atoms with Crippen molar-refractivity contribution in [2.75, 3.05) is 0 Å². The summed E-state index contributed by atoms with van der Waals surface area (Å²) in [5, 5.41) is 9.46. The highest BCUT2D eigenvalue weighted by molar-refractivity contribution is 6.32. The van der Waals surface area contributed by atoms with E-state index in [1.807, 2.05) is 0 Å². The van der Waals surface area contributed by atoms with Gasteiger partial charge in [-0.15, -0.1) is 5.06 Å². The van der Waals surface area contributed by atoms with Gasteiger partial charge in [0.1, 0.15) is 5.76 Å². The average molecular weight is 414 g/mol. The molecular formula is C21H17F3N4O2. The lowest BCUT2D eigenvalue weighted by atomic mass is 10.1. The van der Waals surface area contributed by atoms with Crippen molar-refractivity contribution in [2.24, 2.45) is 4.99 Å². The van der Waals surface area contributed by atoms with Crippen molar-refractivity contribution < 1.29 is 22.8 Å². The number of hydrogen-bond donors (Lipinski definition) is 1. The zero-order valence-electron chi connectivity index (χ0n) is 16.3. The van der Waals surface area contributed by atoms with Crippen molar-refractivity contribution in [1.29, 1.82) is 5.41 Å². The SMILES string of the molecule is CC1=CC2=NC(=O)/C(=C\c3cc(C)n(-c4cccc(C(F)(F)F)c4)c3C)C(=N)N2O1. The number of amides is 1. The van der Waals surface area contributed by atoms with Gasteiger partial charge in [-0.1, -0.05) is 6.07 Å². The molecule has 0 aliphatic carbocycles. The van der Waals surface area contributed by atoms with Crippen LogP contribution in [0.4, 0.5) is 13.2 Å². The van der Waals surface area contributed by atoms with E-state index in [2.05, 4.69) is 4.99 Å². The predicted molar refractivity (Wildman–Crippen MR) is 105 cm³/mol. The molecule has 0 saturated carbocycles. The molecule has 3 heterocycles. The van der Waals surface area contributed by atoms with Crippen LogP contribution in [0.25, 0.3) is 11.8 Å². The maximum atomic E-state index is 13.1. The first-order valence-electron chi connectivity index (χ1n) is 9.03. The average Bonchev–Trinajstić information content (AvgIpc) is 3.16. The third-order valence-corrected chi connectivity index (χ3v) is 4.88. The second kappa shape index (κ2) is 6.72. The van der Waals surface area contributed by atoms with Crippen LogP contribution >= 0.6 is 0 Å². The van der Waals surface area contributed by atoms with Gasteiger partial charge >= 0.3 is 6.18 Å². The Balaban J connectivity index is 1.75. The van der Waals surface area contributed by atoms with E-state index >= 15 is 0 Å². The first-order chi connectivity index (χ1) is 14.1. The summed E-state index contributed by atoms with van der Waals surface area (Å²) in [6.07, 6.45) is -1.38. The molecule has 2 aliphatic rings. The number of benzene rings is 1. The number of fused-ring (bicyclic) bond motifs is 1. The van der Waals surface area contributed by atoms with Crippen molar-refractivity contribution in [3.63, 3.8) is 0 Å². The van der Waals surface area contributed by atoms with E-state index in [-0.39, 0.29) is 17.2 Å². The van der Waals surface area contributed by atoms with Crippen LogP contribution < -0.4 is 0 Å². The minimum absolute atomic E-state index is 0.0335. The fourth-order valence-corrected chi connectivity index (χ4v) is 3.51. The minimum Gasteiger partial charge on any atom is -0.376 e. The number of halogens is 3. The number of allylic oxidation sites excluding steroid dienone is 1. The molecule has 0 unspecified atom stereocenters. The molecule has 0 saturated heterocycles. The Hall–Kier alpha value is -3.62. The molecule has 0 spiro atoms. The smallest absolute Gasteiger partial charge is 0.376 e. The number of nitrogens with one attached hydrogen (secondary N) is 1. The number of alkyl halides is 3. The Morgan fingerprint density at radius 1 is 1.17 bits per heavy atom. The number of hydroxylamine groups is 2. The van der Waals surface area contributed by atoms with E-state index in [1.165, 1.54) is 12.1 Å². The number of aryl methyl sites for hydroxylation is 1. The Bertz CT molecular complexity index is 1190. The maximum absolute atomic E-state index is 13.1.